The molecule has 4 rings (SSSR count). The van der Waals surface area contributed by atoms with Gasteiger partial charge in [0, 0.05) is 43.2 Å². The van der Waals surface area contributed by atoms with E-state index in [4.69, 9.17) is 9.97 Å². The summed E-state index contributed by atoms with van der Waals surface area (Å²) in [5.74, 6) is 2.65. The Bertz CT molecular complexity index is 882. The van der Waals surface area contributed by atoms with E-state index in [0.29, 0.717) is 12.6 Å². The Hall–Kier alpha value is -2.95. The number of nitrogens with one attached hydrogen (secondary N) is 1. The second-order valence-electron chi connectivity index (χ2n) is 7.27. The second-order valence-corrected chi connectivity index (χ2v) is 7.27. The van der Waals surface area contributed by atoms with Crippen molar-refractivity contribution in [2.24, 2.45) is 0 Å². The molecule has 144 valence electrons. The Morgan fingerprint density at radius 1 is 1.07 bits per heavy atom. The highest BCUT2D eigenvalue weighted by Crippen LogP contribution is 2.29. The van der Waals surface area contributed by atoms with Crippen LogP contribution in [0.15, 0.2) is 60.9 Å². The quantitative estimate of drug-likeness (QED) is 0.665. The van der Waals surface area contributed by atoms with Crippen molar-refractivity contribution in [3.05, 3.63) is 66.5 Å². The van der Waals surface area contributed by atoms with Crippen LogP contribution in [0.25, 0.3) is 11.4 Å². The molecule has 1 fully saturated rings. The fourth-order valence-electron chi connectivity index (χ4n) is 3.81. The van der Waals surface area contributed by atoms with Crippen molar-refractivity contribution in [2.75, 3.05) is 16.8 Å². The number of rotatable bonds is 6. The first-order chi connectivity index (χ1) is 13.8. The number of benzene rings is 1. The van der Waals surface area contributed by atoms with Gasteiger partial charge in [-0.3, -0.25) is 4.98 Å². The molecule has 3 heterocycles. The third-order valence-electron chi connectivity index (χ3n) is 5.33. The Kier molecular flexibility index (Phi) is 5.80. The zero-order valence-electron chi connectivity index (χ0n) is 16.4. The van der Waals surface area contributed by atoms with Crippen LogP contribution >= 0.6 is 0 Å². The molecule has 1 aliphatic heterocycles. The lowest BCUT2D eigenvalue weighted by molar-refractivity contribution is 0.447. The molecule has 0 bridgehead atoms. The van der Waals surface area contributed by atoms with Crippen LogP contribution in [0.1, 0.15) is 38.2 Å². The van der Waals surface area contributed by atoms with Crippen LogP contribution in [0, 0.1) is 0 Å². The summed E-state index contributed by atoms with van der Waals surface area (Å²) in [6.45, 7) is 4.02. The van der Waals surface area contributed by atoms with Crippen LogP contribution in [0.5, 0.6) is 0 Å². The lowest BCUT2D eigenvalue weighted by Crippen LogP contribution is -2.39. The summed E-state index contributed by atoms with van der Waals surface area (Å²) >= 11 is 0. The van der Waals surface area contributed by atoms with Gasteiger partial charge < -0.3 is 10.2 Å². The van der Waals surface area contributed by atoms with Crippen molar-refractivity contribution in [3.63, 3.8) is 0 Å². The van der Waals surface area contributed by atoms with Crippen LogP contribution in [0.2, 0.25) is 0 Å². The van der Waals surface area contributed by atoms with Crippen molar-refractivity contribution >= 4 is 11.6 Å². The topological polar surface area (TPSA) is 53.9 Å². The van der Waals surface area contributed by atoms with Crippen molar-refractivity contribution < 1.29 is 0 Å². The van der Waals surface area contributed by atoms with Gasteiger partial charge in [0.15, 0.2) is 5.82 Å². The summed E-state index contributed by atoms with van der Waals surface area (Å²) in [6, 6.07) is 16.9. The molecule has 1 saturated heterocycles. The maximum Gasteiger partial charge on any atom is 0.163 e. The molecule has 0 amide bonds. The molecule has 2 aromatic heterocycles. The van der Waals surface area contributed by atoms with E-state index < -0.39 is 0 Å². The predicted octanol–water partition coefficient (Wildman–Crippen LogP) is 4.92. The number of hydrogen-bond acceptors (Lipinski definition) is 5. The Morgan fingerprint density at radius 3 is 2.75 bits per heavy atom. The van der Waals surface area contributed by atoms with Gasteiger partial charge in [0.25, 0.3) is 0 Å². The van der Waals surface area contributed by atoms with Gasteiger partial charge in [0.2, 0.25) is 0 Å². The molecular formula is C23H27N5. The lowest BCUT2D eigenvalue weighted by Gasteiger charge is -2.36. The first kappa shape index (κ1) is 18.4. The Balaban J connectivity index is 1.66. The van der Waals surface area contributed by atoms with Gasteiger partial charge in [-0.2, -0.15) is 0 Å². The van der Waals surface area contributed by atoms with E-state index in [2.05, 4.69) is 46.4 Å². The van der Waals surface area contributed by atoms with Gasteiger partial charge in [0.1, 0.15) is 11.6 Å². The van der Waals surface area contributed by atoms with Gasteiger partial charge in [-0.15, -0.1) is 0 Å². The molecule has 3 aromatic rings. The average Bonchev–Trinajstić information content (AvgIpc) is 2.79. The molecule has 0 aliphatic carbocycles. The summed E-state index contributed by atoms with van der Waals surface area (Å²) in [4.78, 5) is 16.4. The summed E-state index contributed by atoms with van der Waals surface area (Å²) in [6.07, 6.45) is 8.58. The highest BCUT2D eigenvalue weighted by molar-refractivity contribution is 5.62. The number of piperidine rings is 1. The number of anilines is 2. The third kappa shape index (κ3) is 4.30. The molecule has 1 aromatic carbocycles. The van der Waals surface area contributed by atoms with Crippen LogP contribution in [0.4, 0.5) is 11.6 Å². The predicted molar refractivity (Wildman–Crippen MR) is 114 cm³/mol. The SMILES string of the molecule is CCC1CCCCN1c1cc(NCc2cccnc2)nc(-c2ccccc2)n1. The summed E-state index contributed by atoms with van der Waals surface area (Å²) < 4.78 is 0. The Morgan fingerprint density at radius 2 is 1.96 bits per heavy atom. The van der Waals surface area contributed by atoms with E-state index in [1.54, 1.807) is 6.20 Å². The van der Waals surface area contributed by atoms with Crippen molar-refractivity contribution in [1.29, 1.82) is 0 Å². The summed E-state index contributed by atoms with van der Waals surface area (Å²) in [5, 5.41) is 3.47. The van der Waals surface area contributed by atoms with Crippen LogP contribution in [-0.2, 0) is 6.54 Å². The fraction of sp³-hybridized carbons (Fsp3) is 0.348. The number of hydrogen-bond donors (Lipinski definition) is 1. The highest BCUT2D eigenvalue weighted by Gasteiger charge is 2.23. The smallest absolute Gasteiger partial charge is 0.163 e. The van der Waals surface area contributed by atoms with Gasteiger partial charge in [-0.1, -0.05) is 43.3 Å². The number of aromatic nitrogens is 3. The molecule has 0 saturated carbocycles. The lowest BCUT2D eigenvalue weighted by atomic mass is 10.00. The monoisotopic (exact) mass is 373 g/mol. The van der Waals surface area contributed by atoms with Crippen molar-refractivity contribution in [3.8, 4) is 11.4 Å². The average molecular weight is 374 g/mol. The van der Waals surface area contributed by atoms with Crippen molar-refractivity contribution in [1.82, 2.24) is 15.0 Å². The van der Waals surface area contributed by atoms with Crippen LogP contribution < -0.4 is 10.2 Å². The highest BCUT2D eigenvalue weighted by atomic mass is 15.2. The summed E-state index contributed by atoms with van der Waals surface area (Å²) in [5.41, 5.74) is 2.17. The molecular weight excluding hydrogens is 346 g/mol. The standard InChI is InChI=1S/C23H27N5/c1-2-20-12-6-7-14-28(20)22-15-21(25-17-18-9-8-13-24-16-18)26-23(27-22)19-10-4-3-5-11-19/h3-5,8-11,13,15-16,20H,2,6-7,12,14,17H2,1H3,(H,25,26,27). The third-order valence-corrected chi connectivity index (χ3v) is 5.33. The molecule has 0 spiro atoms. The molecule has 0 radical (unpaired) electrons. The van der Waals surface area contributed by atoms with E-state index >= 15 is 0 Å². The summed E-state index contributed by atoms with van der Waals surface area (Å²) in [7, 11) is 0. The minimum absolute atomic E-state index is 0.554. The van der Waals surface area contributed by atoms with Gasteiger partial charge in [0.05, 0.1) is 0 Å². The molecule has 5 heteroatoms. The Labute approximate surface area is 166 Å². The largest absolute Gasteiger partial charge is 0.366 e. The molecule has 28 heavy (non-hydrogen) atoms. The minimum Gasteiger partial charge on any atom is -0.366 e. The first-order valence-electron chi connectivity index (χ1n) is 10.2. The minimum atomic E-state index is 0.554. The van der Waals surface area contributed by atoms with Crippen LogP contribution in [0.3, 0.4) is 0 Å². The zero-order chi connectivity index (χ0) is 19.2. The van der Waals surface area contributed by atoms with Crippen LogP contribution in [-0.4, -0.2) is 27.5 Å². The molecule has 1 atom stereocenters. The second kappa shape index (κ2) is 8.83. The molecule has 1 unspecified atom stereocenters. The van der Waals surface area contributed by atoms with E-state index in [1.165, 1.54) is 19.3 Å². The number of pyridine rings is 1. The first-order valence-corrected chi connectivity index (χ1v) is 10.2. The number of nitrogens with zero attached hydrogens (tertiary/aromatic N) is 4. The zero-order valence-corrected chi connectivity index (χ0v) is 16.4. The normalized spacial score (nSPS) is 16.8. The maximum absolute atomic E-state index is 4.94. The molecule has 1 aliphatic rings. The van der Waals surface area contributed by atoms with Gasteiger partial charge in [-0.25, -0.2) is 9.97 Å². The fourth-order valence-corrected chi connectivity index (χ4v) is 3.81. The van der Waals surface area contributed by atoms with Gasteiger partial charge >= 0.3 is 0 Å². The van der Waals surface area contributed by atoms with E-state index in [9.17, 15) is 0 Å². The van der Waals surface area contributed by atoms with Gasteiger partial charge in [-0.05, 0) is 37.3 Å². The van der Waals surface area contributed by atoms with E-state index in [1.807, 2.05) is 30.5 Å². The molecule has 5 nitrogen and oxygen atoms in total. The maximum atomic E-state index is 4.94. The van der Waals surface area contributed by atoms with E-state index in [0.717, 1.165) is 41.6 Å². The molecule has 1 N–H and O–H groups in total. The van der Waals surface area contributed by atoms with Crippen molar-refractivity contribution in [2.45, 2.75) is 45.2 Å². The van der Waals surface area contributed by atoms with E-state index in [-0.39, 0.29) is 0 Å².